The van der Waals surface area contributed by atoms with Crippen molar-refractivity contribution in [1.82, 2.24) is 29.7 Å². The van der Waals surface area contributed by atoms with E-state index >= 15 is 0 Å². The molecule has 4 atom stereocenters. The fourth-order valence-electron chi connectivity index (χ4n) is 3.58. The molecular formula is C23H41N8O6P. The number of esters is 1. The Bertz CT molecular complexity index is 1100. The molecule has 0 saturated heterocycles. The number of aliphatic hydroxyl groups excluding tert-OH is 1. The predicted molar refractivity (Wildman–Crippen MR) is 144 cm³/mol. The van der Waals surface area contributed by atoms with Gasteiger partial charge in [-0.15, -0.1) is 0 Å². The summed E-state index contributed by atoms with van der Waals surface area (Å²) in [4.78, 5) is 25.3. The molecule has 6 N–H and O–H groups in total. The standard InChI is InChI=1S/C23H41N8O6P/c1-5-10-36-21(32)15(3)29-38(34,30-16(4)22(33)37-11-6-2)14-35-12-9-31-13-25-18-19(26-17-7-8-17)27-23(24)28-20(18)31/h13,15-17,21,32H,5-12,14H2,1-4H3,(H2,29,30,34)(H3,24,26,27,28). The number of nitrogens with two attached hydrogens (primary N) is 1. The lowest BCUT2D eigenvalue weighted by atomic mass is 10.3. The predicted octanol–water partition coefficient (Wildman–Crippen LogP) is 1.80. The van der Waals surface area contributed by atoms with E-state index in [1.807, 2.05) is 13.8 Å². The third-order valence-corrected chi connectivity index (χ3v) is 7.86. The molecule has 1 aliphatic carbocycles. The number of carbonyl (C=O) groups excluding carboxylic acids is 1. The molecule has 0 amide bonds. The number of rotatable bonds is 18. The summed E-state index contributed by atoms with van der Waals surface area (Å²) in [5.74, 6) is 0.222. The lowest BCUT2D eigenvalue weighted by Gasteiger charge is -2.29. The number of nitrogens with one attached hydrogen (secondary N) is 3. The molecule has 0 aliphatic heterocycles. The third-order valence-electron chi connectivity index (χ3n) is 5.69. The van der Waals surface area contributed by atoms with Crippen LogP contribution in [0.15, 0.2) is 6.33 Å². The van der Waals surface area contributed by atoms with Crippen molar-refractivity contribution in [1.29, 1.82) is 0 Å². The summed E-state index contributed by atoms with van der Waals surface area (Å²) in [5.41, 5.74) is 7.10. The summed E-state index contributed by atoms with van der Waals surface area (Å²) in [6, 6.07) is -1.18. The van der Waals surface area contributed by atoms with Crippen molar-refractivity contribution in [3.8, 4) is 0 Å². The number of hydrogen-bond acceptors (Lipinski definition) is 11. The first kappa shape index (κ1) is 30.2. The Balaban J connectivity index is 1.63. The Hall–Kier alpha value is -2.35. The molecule has 2 heterocycles. The van der Waals surface area contributed by atoms with Crippen LogP contribution in [0.2, 0.25) is 0 Å². The first-order valence-electron chi connectivity index (χ1n) is 13.1. The highest BCUT2D eigenvalue weighted by Crippen LogP contribution is 2.38. The summed E-state index contributed by atoms with van der Waals surface area (Å²) in [7, 11) is -3.53. The smallest absolute Gasteiger partial charge is 0.323 e. The van der Waals surface area contributed by atoms with Crippen LogP contribution in [-0.4, -0.2) is 81.2 Å². The zero-order chi connectivity index (χ0) is 27.7. The number of ether oxygens (including phenoxy) is 3. The van der Waals surface area contributed by atoms with Crippen molar-refractivity contribution in [2.45, 2.75) is 84.3 Å². The lowest BCUT2D eigenvalue weighted by Crippen LogP contribution is -2.44. The number of aromatic nitrogens is 4. The number of anilines is 2. The topological polar surface area (TPSA) is 188 Å². The van der Waals surface area contributed by atoms with Crippen LogP contribution in [0.4, 0.5) is 11.8 Å². The maximum Gasteiger partial charge on any atom is 0.323 e. The van der Waals surface area contributed by atoms with Gasteiger partial charge < -0.3 is 34.9 Å². The van der Waals surface area contributed by atoms with Crippen molar-refractivity contribution < 1.29 is 28.7 Å². The number of nitrogens with zero attached hydrogens (tertiary/aromatic N) is 4. The van der Waals surface area contributed by atoms with Gasteiger partial charge >= 0.3 is 5.97 Å². The molecule has 2 aromatic heterocycles. The largest absolute Gasteiger partial charge is 0.465 e. The molecule has 0 aromatic carbocycles. The van der Waals surface area contributed by atoms with Gasteiger partial charge in [-0.1, -0.05) is 13.8 Å². The maximum absolute atomic E-state index is 13.8. The van der Waals surface area contributed by atoms with E-state index in [9.17, 15) is 14.5 Å². The van der Waals surface area contributed by atoms with E-state index in [0.29, 0.717) is 42.6 Å². The highest BCUT2D eigenvalue weighted by atomic mass is 31.2. The van der Waals surface area contributed by atoms with Crippen LogP contribution in [0, 0.1) is 0 Å². The number of hydrogen-bond donors (Lipinski definition) is 5. The van der Waals surface area contributed by atoms with Gasteiger partial charge in [0.05, 0.1) is 25.6 Å². The summed E-state index contributed by atoms with van der Waals surface area (Å²) >= 11 is 0. The highest BCUT2D eigenvalue weighted by Gasteiger charge is 2.32. The first-order valence-corrected chi connectivity index (χ1v) is 15.0. The second-order valence-corrected chi connectivity index (χ2v) is 11.7. The Morgan fingerprint density at radius 1 is 1.21 bits per heavy atom. The number of carbonyl (C=O) groups is 1. The Labute approximate surface area is 222 Å². The second-order valence-electron chi connectivity index (χ2n) is 9.43. The van der Waals surface area contributed by atoms with Crippen molar-refractivity contribution in [2.75, 3.05) is 37.2 Å². The van der Waals surface area contributed by atoms with Crippen LogP contribution < -0.4 is 21.2 Å². The van der Waals surface area contributed by atoms with E-state index in [2.05, 4.69) is 30.4 Å². The normalized spacial score (nSPS) is 17.6. The molecule has 0 bridgehead atoms. The number of fused-ring (bicyclic) bond motifs is 1. The van der Waals surface area contributed by atoms with Crippen molar-refractivity contribution in [3.05, 3.63) is 6.33 Å². The zero-order valence-electron chi connectivity index (χ0n) is 22.6. The molecule has 3 rings (SSSR count). The van der Waals surface area contributed by atoms with E-state index in [4.69, 9.17) is 19.9 Å². The van der Waals surface area contributed by atoms with Gasteiger partial charge in [-0.25, -0.2) is 15.2 Å². The van der Waals surface area contributed by atoms with Crippen molar-refractivity contribution >= 4 is 36.3 Å². The van der Waals surface area contributed by atoms with Crippen LogP contribution in [-0.2, 0) is 30.1 Å². The number of nitrogen functional groups attached to an aromatic ring is 1. The third kappa shape index (κ3) is 8.85. The zero-order valence-corrected chi connectivity index (χ0v) is 23.4. The minimum absolute atomic E-state index is 0.142. The Morgan fingerprint density at radius 2 is 1.95 bits per heavy atom. The minimum Gasteiger partial charge on any atom is -0.465 e. The van der Waals surface area contributed by atoms with Crippen molar-refractivity contribution in [3.63, 3.8) is 0 Å². The number of aliphatic hydroxyl groups is 1. The monoisotopic (exact) mass is 556 g/mol. The van der Waals surface area contributed by atoms with Crippen LogP contribution in [0.1, 0.15) is 53.4 Å². The lowest BCUT2D eigenvalue weighted by molar-refractivity contribution is -0.145. The van der Waals surface area contributed by atoms with Gasteiger partial charge in [-0.2, -0.15) is 9.97 Å². The fraction of sp³-hybridized carbons (Fsp3) is 0.739. The quantitative estimate of drug-likeness (QED) is 0.0774. The molecule has 214 valence electrons. The molecule has 4 unspecified atom stereocenters. The summed E-state index contributed by atoms with van der Waals surface area (Å²) < 4.78 is 31.8. The van der Waals surface area contributed by atoms with Crippen LogP contribution in [0.25, 0.3) is 11.2 Å². The van der Waals surface area contributed by atoms with E-state index in [-0.39, 0.29) is 25.5 Å². The van der Waals surface area contributed by atoms with E-state index in [1.54, 1.807) is 24.7 Å². The Morgan fingerprint density at radius 3 is 2.63 bits per heavy atom. The average Bonchev–Trinajstić information content (AvgIpc) is 3.60. The molecule has 0 spiro atoms. The summed E-state index contributed by atoms with van der Waals surface area (Å²) in [6.45, 7) is 8.17. The molecule has 15 heteroatoms. The minimum atomic E-state index is -3.53. The summed E-state index contributed by atoms with van der Waals surface area (Å²) in [6.07, 6.45) is 3.75. The van der Waals surface area contributed by atoms with Gasteiger partial charge in [0, 0.05) is 19.2 Å². The molecular weight excluding hydrogens is 515 g/mol. The molecule has 1 aliphatic rings. The van der Waals surface area contributed by atoms with Crippen LogP contribution >= 0.6 is 7.44 Å². The summed E-state index contributed by atoms with van der Waals surface area (Å²) in [5, 5.41) is 19.3. The van der Waals surface area contributed by atoms with E-state index < -0.39 is 31.8 Å². The van der Waals surface area contributed by atoms with Crippen molar-refractivity contribution in [2.24, 2.45) is 0 Å². The number of imidazole rings is 1. The van der Waals surface area contributed by atoms with Gasteiger partial charge in [0.2, 0.25) is 13.4 Å². The van der Waals surface area contributed by atoms with Crippen LogP contribution in [0.5, 0.6) is 0 Å². The SMILES string of the molecule is CCCOC(=O)C(C)NP(=O)(COCCn1cnc2c(NC3CC3)nc(N)nc21)NC(C)C(O)OCCC. The van der Waals surface area contributed by atoms with E-state index in [0.717, 1.165) is 19.3 Å². The second kappa shape index (κ2) is 14.2. The van der Waals surface area contributed by atoms with Gasteiger partial charge in [0.15, 0.2) is 23.3 Å². The maximum atomic E-state index is 13.8. The molecule has 2 aromatic rings. The van der Waals surface area contributed by atoms with Gasteiger partial charge in [0.25, 0.3) is 0 Å². The van der Waals surface area contributed by atoms with E-state index in [1.165, 1.54) is 0 Å². The van der Waals surface area contributed by atoms with Gasteiger partial charge in [0.1, 0.15) is 12.4 Å². The molecule has 14 nitrogen and oxygen atoms in total. The Kier molecular flexibility index (Phi) is 11.2. The average molecular weight is 557 g/mol. The highest BCUT2D eigenvalue weighted by molar-refractivity contribution is 7.59. The fourth-order valence-corrected chi connectivity index (χ4v) is 5.71. The van der Waals surface area contributed by atoms with Gasteiger partial charge in [-0.05, 0) is 39.5 Å². The molecule has 0 radical (unpaired) electrons. The van der Waals surface area contributed by atoms with Gasteiger partial charge in [-0.3, -0.25) is 9.36 Å². The molecule has 1 saturated carbocycles. The molecule has 38 heavy (non-hydrogen) atoms. The van der Waals surface area contributed by atoms with Crippen LogP contribution in [0.3, 0.4) is 0 Å². The first-order chi connectivity index (χ1) is 18.2. The molecule has 1 fully saturated rings.